The first-order valence-corrected chi connectivity index (χ1v) is 9.61. The maximum absolute atomic E-state index is 12.2. The summed E-state index contributed by atoms with van der Waals surface area (Å²) in [4.78, 5) is 30.5. The zero-order chi connectivity index (χ0) is 16.9. The molecule has 8 heteroatoms. The van der Waals surface area contributed by atoms with Crippen molar-refractivity contribution in [1.29, 1.82) is 0 Å². The minimum atomic E-state index is -0.108. The molecule has 0 spiro atoms. The summed E-state index contributed by atoms with van der Waals surface area (Å²) in [6, 6.07) is -0.0648. The molecule has 0 aliphatic carbocycles. The second-order valence-electron chi connectivity index (χ2n) is 6.44. The highest BCUT2D eigenvalue weighted by atomic mass is 32.2. The molecule has 24 heavy (non-hydrogen) atoms. The van der Waals surface area contributed by atoms with Gasteiger partial charge in [-0.3, -0.25) is 4.79 Å². The number of nitrogens with zero attached hydrogens (tertiary/aromatic N) is 3. The van der Waals surface area contributed by atoms with Crippen LogP contribution < -0.4 is 21.1 Å². The number of rotatable bonds is 4. The average molecular weight is 351 g/mol. The van der Waals surface area contributed by atoms with Crippen molar-refractivity contribution in [2.45, 2.75) is 37.0 Å². The summed E-state index contributed by atoms with van der Waals surface area (Å²) in [6.07, 6.45) is 7.58. The van der Waals surface area contributed by atoms with Gasteiger partial charge in [-0.2, -0.15) is 11.8 Å². The molecule has 0 aromatic carbocycles. The second kappa shape index (κ2) is 7.92. The highest BCUT2D eigenvalue weighted by molar-refractivity contribution is 8.00. The Labute approximate surface area is 146 Å². The van der Waals surface area contributed by atoms with Crippen LogP contribution in [-0.4, -0.2) is 52.3 Å². The van der Waals surface area contributed by atoms with Crippen LogP contribution in [-0.2, 0) is 7.05 Å². The van der Waals surface area contributed by atoms with Crippen molar-refractivity contribution < 1.29 is 4.79 Å². The van der Waals surface area contributed by atoms with E-state index in [0.29, 0.717) is 17.6 Å². The molecular formula is C16H25N5O2S. The first-order valence-electron chi connectivity index (χ1n) is 8.56. The van der Waals surface area contributed by atoms with Crippen molar-refractivity contribution in [3.05, 3.63) is 22.7 Å². The SMILES string of the molecule is Cn1ccnc(N2CCC[C@H](NC(=O)NC[C@H]3CCCS3)C2)c1=O. The molecule has 1 aromatic heterocycles. The van der Waals surface area contributed by atoms with E-state index >= 15 is 0 Å². The van der Waals surface area contributed by atoms with E-state index in [1.165, 1.54) is 23.2 Å². The fourth-order valence-corrected chi connectivity index (χ4v) is 4.44. The molecule has 0 saturated carbocycles. The Bertz CT molecular complexity index is 629. The Kier molecular flexibility index (Phi) is 5.65. The third-order valence-electron chi connectivity index (χ3n) is 4.57. The molecule has 7 nitrogen and oxygen atoms in total. The molecule has 2 atom stereocenters. The van der Waals surface area contributed by atoms with E-state index in [2.05, 4.69) is 15.6 Å². The molecule has 2 N–H and O–H groups in total. The maximum atomic E-state index is 12.2. The van der Waals surface area contributed by atoms with Gasteiger partial charge in [0.15, 0.2) is 5.82 Å². The van der Waals surface area contributed by atoms with Crippen LogP contribution in [0.15, 0.2) is 17.2 Å². The fourth-order valence-electron chi connectivity index (χ4n) is 3.24. The number of carbonyl (C=O) groups excluding carboxylic acids is 1. The molecular weight excluding hydrogens is 326 g/mol. The van der Waals surface area contributed by atoms with Crippen molar-refractivity contribution in [2.75, 3.05) is 30.3 Å². The van der Waals surface area contributed by atoms with Crippen LogP contribution in [0.4, 0.5) is 10.6 Å². The van der Waals surface area contributed by atoms with Crippen molar-refractivity contribution in [2.24, 2.45) is 7.05 Å². The Hall–Kier alpha value is -1.70. The van der Waals surface area contributed by atoms with Crippen LogP contribution >= 0.6 is 11.8 Å². The van der Waals surface area contributed by atoms with Gasteiger partial charge in [-0.25, -0.2) is 9.78 Å². The number of hydrogen-bond acceptors (Lipinski definition) is 5. The number of thioether (sulfide) groups is 1. The molecule has 3 rings (SSSR count). The van der Waals surface area contributed by atoms with Crippen LogP contribution in [0, 0.1) is 0 Å². The Morgan fingerprint density at radius 3 is 3.08 bits per heavy atom. The second-order valence-corrected chi connectivity index (χ2v) is 7.85. The van der Waals surface area contributed by atoms with E-state index in [4.69, 9.17) is 0 Å². The summed E-state index contributed by atoms with van der Waals surface area (Å²) < 4.78 is 1.53. The molecule has 0 unspecified atom stereocenters. The Morgan fingerprint density at radius 2 is 2.29 bits per heavy atom. The van der Waals surface area contributed by atoms with E-state index in [1.54, 1.807) is 19.4 Å². The first-order chi connectivity index (χ1) is 11.6. The number of urea groups is 1. The van der Waals surface area contributed by atoms with Gasteiger partial charge in [-0.05, 0) is 31.4 Å². The Balaban J connectivity index is 1.52. The van der Waals surface area contributed by atoms with Crippen molar-refractivity contribution >= 4 is 23.6 Å². The van der Waals surface area contributed by atoms with E-state index < -0.39 is 0 Å². The lowest BCUT2D eigenvalue weighted by Crippen LogP contribution is -2.52. The van der Waals surface area contributed by atoms with Crippen LogP contribution in [0.1, 0.15) is 25.7 Å². The normalized spacial score (nSPS) is 24.0. The monoisotopic (exact) mass is 351 g/mol. The molecule has 3 heterocycles. The number of carbonyl (C=O) groups is 1. The number of amides is 2. The van der Waals surface area contributed by atoms with Crippen molar-refractivity contribution in [3.8, 4) is 0 Å². The topological polar surface area (TPSA) is 79.3 Å². The van der Waals surface area contributed by atoms with Crippen LogP contribution in [0.3, 0.4) is 0 Å². The van der Waals surface area contributed by atoms with E-state index in [1.807, 2.05) is 16.7 Å². The van der Waals surface area contributed by atoms with Gasteiger partial charge in [0.05, 0.1) is 0 Å². The van der Waals surface area contributed by atoms with Gasteiger partial charge in [0.2, 0.25) is 0 Å². The molecule has 2 aliphatic rings. The summed E-state index contributed by atoms with van der Waals surface area (Å²) in [5.74, 6) is 1.67. The van der Waals surface area contributed by atoms with Crippen LogP contribution in [0.2, 0.25) is 0 Å². The molecule has 2 amide bonds. The predicted molar refractivity (Wildman–Crippen MR) is 96.7 cm³/mol. The highest BCUT2D eigenvalue weighted by Gasteiger charge is 2.24. The zero-order valence-corrected chi connectivity index (χ0v) is 14.8. The molecule has 2 aliphatic heterocycles. The standard InChI is InChI=1S/C16H25N5O2S/c1-20-8-6-17-14(15(20)22)21-7-2-4-12(11-21)19-16(23)18-10-13-5-3-9-24-13/h6,8,12-13H,2-5,7,9-11H2,1H3,(H2,18,19,23)/t12-,13+/m0/s1. The van der Waals surface area contributed by atoms with Crippen molar-refractivity contribution in [1.82, 2.24) is 20.2 Å². The Morgan fingerprint density at radius 1 is 1.42 bits per heavy atom. The summed E-state index contributed by atoms with van der Waals surface area (Å²) >= 11 is 1.93. The lowest BCUT2D eigenvalue weighted by Gasteiger charge is -2.33. The number of piperidine rings is 1. The predicted octanol–water partition coefficient (Wildman–Crippen LogP) is 0.944. The van der Waals surface area contributed by atoms with Crippen molar-refractivity contribution in [3.63, 3.8) is 0 Å². The first kappa shape index (κ1) is 17.1. The third kappa shape index (κ3) is 4.23. The largest absolute Gasteiger partial charge is 0.350 e. The molecule has 132 valence electrons. The zero-order valence-electron chi connectivity index (χ0n) is 14.0. The minimum Gasteiger partial charge on any atom is -0.350 e. The summed E-state index contributed by atoms with van der Waals surface area (Å²) in [5, 5.41) is 6.57. The van der Waals surface area contributed by atoms with Gasteiger partial charge in [-0.15, -0.1) is 0 Å². The lowest BCUT2D eigenvalue weighted by atomic mass is 10.1. The molecule has 1 aromatic rings. The van der Waals surface area contributed by atoms with E-state index in [0.717, 1.165) is 25.9 Å². The summed E-state index contributed by atoms with van der Waals surface area (Å²) in [6.45, 7) is 2.15. The van der Waals surface area contributed by atoms with Gasteiger partial charge in [0.1, 0.15) is 0 Å². The minimum absolute atomic E-state index is 0.0432. The maximum Gasteiger partial charge on any atom is 0.315 e. The number of hydrogen-bond donors (Lipinski definition) is 2. The highest BCUT2D eigenvalue weighted by Crippen LogP contribution is 2.25. The van der Waals surface area contributed by atoms with Crippen LogP contribution in [0.5, 0.6) is 0 Å². The number of aryl methyl sites for hydroxylation is 1. The fraction of sp³-hybridized carbons (Fsp3) is 0.688. The molecule has 0 radical (unpaired) electrons. The molecule has 2 fully saturated rings. The molecule has 0 bridgehead atoms. The molecule has 2 saturated heterocycles. The van der Waals surface area contributed by atoms with Gasteiger partial charge in [0.25, 0.3) is 5.56 Å². The number of nitrogens with one attached hydrogen (secondary N) is 2. The summed E-state index contributed by atoms with van der Waals surface area (Å²) in [5.41, 5.74) is -0.0964. The van der Waals surface area contributed by atoms with Gasteiger partial charge in [-0.1, -0.05) is 0 Å². The van der Waals surface area contributed by atoms with Gasteiger partial charge >= 0.3 is 6.03 Å². The summed E-state index contributed by atoms with van der Waals surface area (Å²) in [7, 11) is 1.72. The quantitative estimate of drug-likeness (QED) is 0.844. The smallest absolute Gasteiger partial charge is 0.315 e. The van der Waals surface area contributed by atoms with Crippen LogP contribution in [0.25, 0.3) is 0 Å². The van der Waals surface area contributed by atoms with E-state index in [9.17, 15) is 9.59 Å². The van der Waals surface area contributed by atoms with Gasteiger partial charge < -0.3 is 20.1 Å². The average Bonchev–Trinajstić information content (AvgIpc) is 3.09. The van der Waals surface area contributed by atoms with E-state index in [-0.39, 0.29) is 17.6 Å². The number of aromatic nitrogens is 2. The third-order valence-corrected chi connectivity index (χ3v) is 5.97. The lowest BCUT2D eigenvalue weighted by molar-refractivity contribution is 0.235. The number of anilines is 1. The van der Waals surface area contributed by atoms with Gasteiger partial charge in [0, 0.05) is 50.4 Å².